The van der Waals surface area contributed by atoms with Gasteiger partial charge in [0.05, 0.1) is 23.9 Å². The van der Waals surface area contributed by atoms with Gasteiger partial charge >= 0.3 is 6.03 Å². The minimum atomic E-state index is -0.671. The first-order valence-corrected chi connectivity index (χ1v) is 9.59. The number of hydrogen-bond acceptors (Lipinski definition) is 4. The fourth-order valence-corrected chi connectivity index (χ4v) is 3.56. The van der Waals surface area contributed by atoms with Crippen molar-refractivity contribution in [3.63, 3.8) is 0 Å². The van der Waals surface area contributed by atoms with Gasteiger partial charge in [-0.15, -0.1) is 0 Å². The summed E-state index contributed by atoms with van der Waals surface area (Å²) in [5, 5.41) is 5.62. The van der Waals surface area contributed by atoms with Crippen molar-refractivity contribution in [2.24, 2.45) is 0 Å². The minimum absolute atomic E-state index is 0.0822. The van der Waals surface area contributed by atoms with Crippen LogP contribution in [0.5, 0.6) is 0 Å². The summed E-state index contributed by atoms with van der Waals surface area (Å²) in [5.74, 6) is -0.940. The predicted molar refractivity (Wildman–Crippen MR) is 105 cm³/mol. The van der Waals surface area contributed by atoms with Crippen molar-refractivity contribution in [1.82, 2.24) is 25.3 Å². The Labute approximate surface area is 169 Å². The molecule has 0 saturated carbocycles. The van der Waals surface area contributed by atoms with E-state index in [0.717, 1.165) is 0 Å². The molecule has 9 heteroatoms. The molecule has 2 N–H and O–H groups in total. The molecule has 0 aromatic heterocycles. The van der Waals surface area contributed by atoms with Crippen molar-refractivity contribution in [2.45, 2.75) is 13.0 Å². The first-order chi connectivity index (χ1) is 13.8. The lowest BCUT2D eigenvalue weighted by Gasteiger charge is -2.32. The highest BCUT2D eigenvalue weighted by atomic mass is 19.1. The number of nitrogens with one attached hydrogen (secondary N) is 2. The number of amides is 4. The van der Waals surface area contributed by atoms with Crippen LogP contribution in [0, 0.1) is 5.82 Å². The Morgan fingerprint density at radius 2 is 1.97 bits per heavy atom. The minimum Gasteiger partial charge on any atom is -0.353 e. The third-order valence-electron chi connectivity index (χ3n) is 5.03. The molecule has 0 aliphatic carbocycles. The SMILES string of the molecule is CCN1C(=O)N[C@H](c2ccc(F)cc2)C2=C1CN(CC(=O)NCCN(C)C)C2=O. The summed E-state index contributed by atoms with van der Waals surface area (Å²) in [6.07, 6.45) is 0. The van der Waals surface area contributed by atoms with Crippen molar-refractivity contribution >= 4 is 17.8 Å². The fraction of sp³-hybridized carbons (Fsp3) is 0.450. The van der Waals surface area contributed by atoms with Gasteiger partial charge in [-0.2, -0.15) is 0 Å². The largest absolute Gasteiger partial charge is 0.353 e. The molecule has 3 rings (SSSR count). The summed E-state index contributed by atoms with van der Waals surface area (Å²) in [7, 11) is 3.82. The first kappa shape index (κ1) is 20.8. The van der Waals surface area contributed by atoms with Crippen molar-refractivity contribution in [1.29, 1.82) is 0 Å². The second kappa shape index (κ2) is 8.60. The summed E-state index contributed by atoms with van der Waals surface area (Å²) in [6.45, 7) is 3.51. The molecular formula is C20H26FN5O3. The lowest BCUT2D eigenvalue weighted by atomic mass is 9.95. The zero-order valence-electron chi connectivity index (χ0n) is 16.9. The molecular weight excluding hydrogens is 377 g/mol. The number of nitrogens with zero attached hydrogens (tertiary/aromatic N) is 3. The van der Waals surface area contributed by atoms with Crippen LogP contribution in [0.4, 0.5) is 9.18 Å². The van der Waals surface area contributed by atoms with Crippen molar-refractivity contribution in [3.05, 3.63) is 46.9 Å². The van der Waals surface area contributed by atoms with E-state index in [4.69, 9.17) is 0 Å². The standard InChI is InChI=1S/C20H26FN5O3/c1-4-26-15-11-25(12-16(27)22-9-10-24(2)3)19(28)17(15)18(23-20(26)29)13-5-7-14(21)8-6-13/h5-8,18H,4,9-12H2,1-3H3,(H,22,27)(H,23,29)/t18-/m1/s1. The number of benzene rings is 1. The predicted octanol–water partition coefficient (Wildman–Crippen LogP) is 0.686. The van der Waals surface area contributed by atoms with Crippen LogP contribution >= 0.6 is 0 Å². The number of hydrogen-bond donors (Lipinski definition) is 2. The van der Waals surface area contributed by atoms with Gasteiger partial charge in [0.2, 0.25) is 5.91 Å². The van der Waals surface area contributed by atoms with E-state index in [0.29, 0.717) is 36.5 Å². The highest BCUT2D eigenvalue weighted by molar-refractivity contribution is 6.03. The van der Waals surface area contributed by atoms with Gasteiger partial charge < -0.3 is 20.4 Å². The quantitative estimate of drug-likeness (QED) is 0.702. The molecule has 2 aliphatic heterocycles. The third-order valence-corrected chi connectivity index (χ3v) is 5.03. The van der Waals surface area contributed by atoms with Crippen LogP contribution < -0.4 is 10.6 Å². The molecule has 1 atom stereocenters. The van der Waals surface area contributed by atoms with Gasteiger partial charge in [0.15, 0.2) is 0 Å². The first-order valence-electron chi connectivity index (χ1n) is 9.59. The van der Waals surface area contributed by atoms with Gasteiger partial charge in [0, 0.05) is 19.6 Å². The third kappa shape index (κ3) is 4.40. The molecule has 0 saturated heterocycles. The van der Waals surface area contributed by atoms with Gasteiger partial charge in [-0.25, -0.2) is 9.18 Å². The van der Waals surface area contributed by atoms with Gasteiger partial charge in [-0.1, -0.05) is 12.1 Å². The highest BCUT2D eigenvalue weighted by Gasteiger charge is 2.43. The lowest BCUT2D eigenvalue weighted by molar-refractivity contribution is -0.131. The monoisotopic (exact) mass is 403 g/mol. The number of carbonyl (C=O) groups excluding carboxylic acids is 3. The van der Waals surface area contributed by atoms with E-state index in [-0.39, 0.29) is 30.9 Å². The normalized spacial score (nSPS) is 19.0. The Bertz CT molecular complexity index is 837. The van der Waals surface area contributed by atoms with E-state index in [1.807, 2.05) is 25.9 Å². The highest BCUT2D eigenvalue weighted by Crippen LogP contribution is 2.36. The molecule has 1 aromatic rings. The van der Waals surface area contributed by atoms with Crippen LogP contribution in [0.15, 0.2) is 35.5 Å². The average Bonchev–Trinajstić information content (AvgIpc) is 2.97. The maximum atomic E-state index is 13.3. The van der Waals surface area contributed by atoms with Gasteiger partial charge in [0.25, 0.3) is 5.91 Å². The Hall–Kier alpha value is -2.94. The van der Waals surface area contributed by atoms with Gasteiger partial charge in [-0.3, -0.25) is 14.5 Å². The summed E-state index contributed by atoms with van der Waals surface area (Å²) >= 11 is 0. The zero-order valence-corrected chi connectivity index (χ0v) is 16.9. The Kier molecular flexibility index (Phi) is 6.17. The second-order valence-corrected chi connectivity index (χ2v) is 7.35. The summed E-state index contributed by atoms with van der Waals surface area (Å²) in [6, 6.07) is 4.71. The van der Waals surface area contributed by atoms with E-state index in [1.165, 1.54) is 21.9 Å². The molecule has 0 radical (unpaired) electrons. The number of carbonyl (C=O) groups is 3. The molecule has 29 heavy (non-hydrogen) atoms. The molecule has 0 bridgehead atoms. The van der Waals surface area contributed by atoms with E-state index in [1.54, 1.807) is 12.1 Å². The van der Waals surface area contributed by atoms with Crippen molar-refractivity contribution in [3.8, 4) is 0 Å². The molecule has 8 nitrogen and oxygen atoms in total. The molecule has 2 heterocycles. The molecule has 4 amide bonds. The number of halogens is 1. The molecule has 0 unspecified atom stereocenters. The van der Waals surface area contributed by atoms with Crippen LogP contribution in [0.25, 0.3) is 0 Å². The Balaban J connectivity index is 1.80. The number of likely N-dealkylation sites (N-methyl/N-ethyl adjacent to an activating group) is 2. The van der Waals surface area contributed by atoms with E-state index in [2.05, 4.69) is 10.6 Å². The summed E-state index contributed by atoms with van der Waals surface area (Å²) < 4.78 is 13.3. The molecule has 1 aromatic carbocycles. The van der Waals surface area contributed by atoms with Gasteiger partial charge in [-0.05, 0) is 38.7 Å². The van der Waals surface area contributed by atoms with E-state index >= 15 is 0 Å². The van der Waals surface area contributed by atoms with Crippen LogP contribution in [0.1, 0.15) is 18.5 Å². The maximum Gasteiger partial charge on any atom is 0.322 e. The lowest BCUT2D eigenvalue weighted by Crippen LogP contribution is -2.47. The van der Waals surface area contributed by atoms with Crippen LogP contribution in [-0.4, -0.2) is 79.4 Å². The van der Waals surface area contributed by atoms with Crippen LogP contribution in [0.2, 0.25) is 0 Å². The maximum absolute atomic E-state index is 13.3. The molecule has 0 fully saturated rings. The van der Waals surface area contributed by atoms with E-state index in [9.17, 15) is 18.8 Å². The summed E-state index contributed by atoms with van der Waals surface area (Å²) in [4.78, 5) is 42.8. The van der Waals surface area contributed by atoms with Crippen molar-refractivity contribution in [2.75, 3.05) is 46.8 Å². The smallest absolute Gasteiger partial charge is 0.322 e. The number of urea groups is 1. The molecule has 2 aliphatic rings. The Morgan fingerprint density at radius 3 is 2.59 bits per heavy atom. The number of rotatable bonds is 7. The fourth-order valence-electron chi connectivity index (χ4n) is 3.56. The van der Waals surface area contributed by atoms with Crippen LogP contribution in [-0.2, 0) is 9.59 Å². The second-order valence-electron chi connectivity index (χ2n) is 7.35. The molecule has 156 valence electrons. The van der Waals surface area contributed by atoms with Crippen LogP contribution in [0.3, 0.4) is 0 Å². The molecule has 0 spiro atoms. The average molecular weight is 403 g/mol. The van der Waals surface area contributed by atoms with Gasteiger partial charge in [0.1, 0.15) is 12.4 Å². The topological polar surface area (TPSA) is 85.0 Å². The summed E-state index contributed by atoms with van der Waals surface area (Å²) in [5.41, 5.74) is 1.64. The van der Waals surface area contributed by atoms with Crippen molar-refractivity contribution < 1.29 is 18.8 Å². The van der Waals surface area contributed by atoms with E-state index < -0.39 is 11.9 Å². The zero-order chi connectivity index (χ0) is 21.1. The Morgan fingerprint density at radius 1 is 1.28 bits per heavy atom.